The molecule has 2 N–H and O–H groups in total. The van der Waals surface area contributed by atoms with E-state index in [1.807, 2.05) is 11.8 Å². The standard InChI is InChI=1S/C10H12ClN5S/c11-10-14-8(7-5-13-16-9(7)15-10)12-4-6-2-1-3-17-6/h5-6H,1-4H2,(H2,12,13,14,15,16). The molecule has 5 nitrogen and oxygen atoms in total. The average molecular weight is 270 g/mol. The number of rotatable bonds is 3. The Bertz CT molecular complexity index is 522. The van der Waals surface area contributed by atoms with Crippen molar-refractivity contribution in [2.45, 2.75) is 18.1 Å². The van der Waals surface area contributed by atoms with Crippen molar-refractivity contribution < 1.29 is 0 Å². The van der Waals surface area contributed by atoms with Crippen molar-refractivity contribution in [3.05, 3.63) is 11.5 Å². The lowest BCUT2D eigenvalue weighted by Crippen LogP contribution is -2.14. The summed E-state index contributed by atoms with van der Waals surface area (Å²) in [5, 5.41) is 11.9. The van der Waals surface area contributed by atoms with E-state index < -0.39 is 0 Å². The highest BCUT2D eigenvalue weighted by molar-refractivity contribution is 8.00. The van der Waals surface area contributed by atoms with Crippen LogP contribution in [0.4, 0.5) is 5.82 Å². The van der Waals surface area contributed by atoms with E-state index in [2.05, 4.69) is 25.5 Å². The van der Waals surface area contributed by atoms with Crippen molar-refractivity contribution >= 4 is 40.2 Å². The van der Waals surface area contributed by atoms with Crippen molar-refractivity contribution in [1.29, 1.82) is 0 Å². The van der Waals surface area contributed by atoms with Crippen LogP contribution in [-0.4, -0.2) is 37.7 Å². The van der Waals surface area contributed by atoms with Gasteiger partial charge < -0.3 is 5.32 Å². The SMILES string of the molecule is Clc1nc(NCC2CCCS2)c2cn[nH]c2n1. The van der Waals surface area contributed by atoms with Crippen LogP contribution in [0.25, 0.3) is 11.0 Å². The summed E-state index contributed by atoms with van der Waals surface area (Å²) in [6.45, 7) is 0.915. The molecule has 17 heavy (non-hydrogen) atoms. The van der Waals surface area contributed by atoms with Gasteiger partial charge in [0.1, 0.15) is 5.82 Å². The molecule has 90 valence electrons. The highest BCUT2D eigenvalue weighted by Crippen LogP contribution is 2.27. The van der Waals surface area contributed by atoms with Gasteiger partial charge in [-0.3, -0.25) is 5.10 Å². The summed E-state index contributed by atoms with van der Waals surface area (Å²) in [5.41, 5.74) is 0.673. The summed E-state index contributed by atoms with van der Waals surface area (Å²) in [7, 11) is 0. The number of hydrogen-bond donors (Lipinski definition) is 2. The Morgan fingerprint density at radius 1 is 1.53 bits per heavy atom. The van der Waals surface area contributed by atoms with E-state index in [1.54, 1.807) is 6.20 Å². The maximum Gasteiger partial charge on any atom is 0.226 e. The number of fused-ring (bicyclic) bond motifs is 1. The van der Waals surface area contributed by atoms with Gasteiger partial charge in [-0.15, -0.1) is 0 Å². The smallest absolute Gasteiger partial charge is 0.226 e. The molecule has 0 saturated carbocycles. The van der Waals surface area contributed by atoms with Gasteiger partial charge in [0, 0.05) is 11.8 Å². The Hall–Kier alpha value is -1.01. The van der Waals surface area contributed by atoms with Crippen molar-refractivity contribution in [3.63, 3.8) is 0 Å². The minimum absolute atomic E-state index is 0.239. The van der Waals surface area contributed by atoms with Gasteiger partial charge in [-0.2, -0.15) is 26.8 Å². The lowest BCUT2D eigenvalue weighted by Gasteiger charge is -2.11. The lowest BCUT2D eigenvalue weighted by molar-refractivity contribution is 0.804. The minimum atomic E-state index is 0.239. The molecule has 3 rings (SSSR count). The first-order valence-corrected chi connectivity index (χ1v) is 6.98. The first-order valence-electron chi connectivity index (χ1n) is 5.55. The molecule has 3 heterocycles. The topological polar surface area (TPSA) is 66.5 Å². The molecule has 0 amide bonds. The molecular formula is C10H12ClN5S. The Labute approximate surface area is 108 Å². The molecule has 7 heteroatoms. The van der Waals surface area contributed by atoms with Gasteiger partial charge in [0.2, 0.25) is 5.28 Å². The van der Waals surface area contributed by atoms with Crippen molar-refractivity contribution in [2.24, 2.45) is 0 Å². The fourth-order valence-electron chi connectivity index (χ4n) is 1.96. The number of nitrogens with one attached hydrogen (secondary N) is 2. The predicted octanol–water partition coefficient (Wildman–Crippen LogP) is 2.31. The average Bonchev–Trinajstić information content (AvgIpc) is 2.95. The van der Waals surface area contributed by atoms with Crippen LogP contribution in [0.3, 0.4) is 0 Å². The van der Waals surface area contributed by atoms with Crippen LogP contribution in [0.1, 0.15) is 12.8 Å². The third-order valence-electron chi connectivity index (χ3n) is 2.80. The number of thioether (sulfide) groups is 1. The normalized spacial score (nSPS) is 19.9. The van der Waals surface area contributed by atoms with Crippen LogP contribution in [0.5, 0.6) is 0 Å². The van der Waals surface area contributed by atoms with Crippen LogP contribution in [-0.2, 0) is 0 Å². The predicted molar refractivity (Wildman–Crippen MR) is 70.7 cm³/mol. The highest BCUT2D eigenvalue weighted by atomic mass is 35.5. The van der Waals surface area contributed by atoms with E-state index in [0.29, 0.717) is 10.9 Å². The van der Waals surface area contributed by atoms with Crippen molar-refractivity contribution in [2.75, 3.05) is 17.6 Å². The lowest BCUT2D eigenvalue weighted by atomic mass is 10.2. The quantitative estimate of drug-likeness (QED) is 0.837. The zero-order valence-electron chi connectivity index (χ0n) is 9.11. The Morgan fingerprint density at radius 2 is 2.47 bits per heavy atom. The van der Waals surface area contributed by atoms with Gasteiger partial charge in [0.15, 0.2) is 5.65 Å². The Kier molecular flexibility index (Phi) is 3.07. The van der Waals surface area contributed by atoms with E-state index in [4.69, 9.17) is 11.6 Å². The van der Waals surface area contributed by atoms with Crippen molar-refractivity contribution in [1.82, 2.24) is 20.2 Å². The molecule has 2 aromatic heterocycles. The third kappa shape index (κ3) is 2.32. The molecule has 0 aliphatic carbocycles. The monoisotopic (exact) mass is 269 g/mol. The first-order chi connectivity index (χ1) is 8.33. The fraction of sp³-hybridized carbons (Fsp3) is 0.500. The Morgan fingerprint density at radius 3 is 3.29 bits per heavy atom. The second kappa shape index (κ2) is 4.70. The maximum atomic E-state index is 5.86. The van der Waals surface area contributed by atoms with Crippen LogP contribution >= 0.6 is 23.4 Å². The van der Waals surface area contributed by atoms with Gasteiger partial charge in [-0.25, -0.2) is 0 Å². The van der Waals surface area contributed by atoms with E-state index in [0.717, 1.165) is 17.7 Å². The number of halogens is 1. The van der Waals surface area contributed by atoms with Gasteiger partial charge in [-0.1, -0.05) is 0 Å². The van der Waals surface area contributed by atoms with E-state index in [-0.39, 0.29) is 5.28 Å². The first kappa shape index (κ1) is 11.1. The van der Waals surface area contributed by atoms with Crippen LogP contribution < -0.4 is 5.32 Å². The van der Waals surface area contributed by atoms with Crippen LogP contribution in [0, 0.1) is 0 Å². The van der Waals surface area contributed by atoms with Crippen LogP contribution in [0.2, 0.25) is 5.28 Å². The van der Waals surface area contributed by atoms with E-state index in [1.165, 1.54) is 18.6 Å². The molecule has 0 bridgehead atoms. The molecule has 1 atom stereocenters. The van der Waals surface area contributed by atoms with Gasteiger partial charge >= 0.3 is 0 Å². The number of anilines is 1. The molecule has 0 aromatic carbocycles. The van der Waals surface area contributed by atoms with Gasteiger partial charge in [-0.05, 0) is 30.2 Å². The number of aromatic amines is 1. The second-order valence-corrected chi connectivity index (χ2v) is 5.74. The van der Waals surface area contributed by atoms with Crippen molar-refractivity contribution in [3.8, 4) is 0 Å². The Balaban J connectivity index is 1.81. The van der Waals surface area contributed by atoms with Gasteiger partial charge in [0.05, 0.1) is 11.6 Å². The third-order valence-corrected chi connectivity index (χ3v) is 4.37. The summed E-state index contributed by atoms with van der Waals surface area (Å²) in [5.74, 6) is 2.03. The zero-order valence-corrected chi connectivity index (χ0v) is 10.7. The summed E-state index contributed by atoms with van der Waals surface area (Å²) in [4.78, 5) is 8.28. The molecule has 0 spiro atoms. The summed E-state index contributed by atoms with van der Waals surface area (Å²) in [6.07, 6.45) is 4.30. The van der Waals surface area contributed by atoms with E-state index >= 15 is 0 Å². The second-order valence-electron chi connectivity index (χ2n) is 3.99. The molecular weight excluding hydrogens is 258 g/mol. The molecule has 1 saturated heterocycles. The fourth-order valence-corrected chi connectivity index (χ4v) is 3.33. The van der Waals surface area contributed by atoms with E-state index in [9.17, 15) is 0 Å². The molecule has 1 unspecified atom stereocenters. The zero-order chi connectivity index (χ0) is 11.7. The number of H-pyrrole nitrogens is 1. The number of aromatic nitrogens is 4. The molecule has 0 radical (unpaired) electrons. The van der Waals surface area contributed by atoms with Crippen LogP contribution in [0.15, 0.2) is 6.20 Å². The summed E-state index contributed by atoms with van der Waals surface area (Å²) >= 11 is 7.87. The number of hydrogen-bond acceptors (Lipinski definition) is 5. The van der Waals surface area contributed by atoms with Gasteiger partial charge in [0.25, 0.3) is 0 Å². The number of nitrogens with zero attached hydrogens (tertiary/aromatic N) is 3. The summed E-state index contributed by atoms with van der Waals surface area (Å²) in [6, 6.07) is 0. The minimum Gasteiger partial charge on any atom is -0.368 e. The highest BCUT2D eigenvalue weighted by Gasteiger charge is 2.16. The molecule has 1 aliphatic rings. The molecule has 2 aromatic rings. The molecule has 1 fully saturated rings. The summed E-state index contributed by atoms with van der Waals surface area (Å²) < 4.78 is 0. The maximum absolute atomic E-state index is 5.86. The largest absolute Gasteiger partial charge is 0.368 e. The molecule has 1 aliphatic heterocycles.